The number of hydrogen-bond acceptors (Lipinski definition) is 4. The van der Waals surface area contributed by atoms with Crippen LogP contribution >= 0.6 is 0 Å². The van der Waals surface area contributed by atoms with Gasteiger partial charge in [-0.3, -0.25) is 9.89 Å². The van der Waals surface area contributed by atoms with Gasteiger partial charge in [0.15, 0.2) is 5.69 Å². The third-order valence-electron chi connectivity index (χ3n) is 2.78. The summed E-state index contributed by atoms with van der Waals surface area (Å²) in [5.74, 6) is -0.134. The highest BCUT2D eigenvalue weighted by molar-refractivity contribution is 5.97. The summed E-state index contributed by atoms with van der Waals surface area (Å²) in [4.78, 5) is 11.9. The summed E-state index contributed by atoms with van der Waals surface area (Å²) in [5.41, 5.74) is 6.89. The average Bonchev–Trinajstić information content (AvgIpc) is 2.68. The maximum Gasteiger partial charge on any atom is 0.273 e. The van der Waals surface area contributed by atoms with Crippen molar-refractivity contribution in [2.45, 2.75) is 33.6 Å². The zero-order valence-electron chi connectivity index (χ0n) is 11.4. The number of nitrogens with zero attached hydrogens (tertiary/aromatic N) is 1. The van der Waals surface area contributed by atoms with Gasteiger partial charge < -0.3 is 16.2 Å². The fourth-order valence-electron chi connectivity index (χ4n) is 1.44. The molecular formula is C12H22N4O2. The van der Waals surface area contributed by atoms with Gasteiger partial charge in [0.25, 0.3) is 5.91 Å². The molecule has 0 aliphatic rings. The molecule has 0 saturated carbocycles. The van der Waals surface area contributed by atoms with Crippen molar-refractivity contribution in [2.24, 2.45) is 5.41 Å². The van der Waals surface area contributed by atoms with Crippen LogP contribution in [0.25, 0.3) is 0 Å². The molecule has 0 atom stereocenters. The lowest BCUT2D eigenvalue weighted by atomic mass is 9.95. The summed E-state index contributed by atoms with van der Waals surface area (Å²) in [6.45, 7) is 8.04. The molecule has 0 aromatic carbocycles. The van der Waals surface area contributed by atoms with Crippen LogP contribution in [0.1, 0.15) is 49.8 Å². The number of carbonyl (C=O) groups excluding carboxylic acids is 1. The number of aromatic nitrogens is 2. The molecule has 1 amide bonds. The molecule has 1 aromatic rings. The number of hydrogen-bond donors (Lipinski definition) is 4. The van der Waals surface area contributed by atoms with Crippen LogP contribution in [0.4, 0.5) is 5.69 Å². The highest BCUT2D eigenvalue weighted by Crippen LogP contribution is 2.22. The molecule has 102 valence electrons. The number of nitrogen functional groups attached to an aromatic ring is 1. The van der Waals surface area contributed by atoms with E-state index in [0.717, 1.165) is 5.69 Å². The second-order valence-corrected chi connectivity index (χ2v) is 5.56. The third-order valence-corrected chi connectivity index (χ3v) is 2.78. The summed E-state index contributed by atoms with van der Waals surface area (Å²) >= 11 is 0. The van der Waals surface area contributed by atoms with Crippen LogP contribution in [-0.2, 0) is 0 Å². The zero-order valence-corrected chi connectivity index (χ0v) is 11.4. The fraction of sp³-hybridized carbons (Fsp3) is 0.667. The van der Waals surface area contributed by atoms with E-state index in [2.05, 4.69) is 15.5 Å². The van der Waals surface area contributed by atoms with Gasteiger partial charge in [-0.25, -0.2) is 0 Å². The smallest absolute Gasteiger partial charge is 0.273 e. The number of carbonyl (C=O) groups is 1. The molecule has 0 aliphatic carbocycles. The predicted molar refractivity (Wildman–Crippen MR) is 70.3 cm³/mol. The van der Waals surface area contributed by atoms with E-state index in [-0.39, 0.29) is 29.5 Å². The quantitative estimate of drug-likeness (QED) is 0.625. The lowest BCUT2D eigenvalue weighted by molar-refractivity contribution is 0.0907. The molecule has 1 aromatic heterocycles. The van der Waals surface area contributed by atoms with Gasteiger partial charge in [0, 0.05) is 18.6 Å². The van der Waals surface area contributed by atoms with E-state index in [9.17, 15) is 4.79 Å². The van der Waals surface area contributed by atoms with Gasteiger partial charge >= 0.3 is 0 Å². The lowest BCUT2D eigenvalue weighted by Gasteiger charge is -2.21. The van der Waals surface area contributed by atoms with E-state index >= 15 is 0 Å². The normalized spacial score (nSPS) is 11.9. The number of anilines is 1. The van der Waals surface area contributed by atoms with Crippen molar-refractivity contribution < 1.29 is 9.90 Å². The summed E-state index contributed by atoms with van der Waals surface area (Å²) in [5, 5.41) is 18.6. The number of aliphatic hydroxyl groups is 1. The van der Waals surface area contributed by atoms with Crippen LogP contribution < -0.4 is 11.1 Å². The van der Waals surface area contributed by atoms with Crippen LogP contribution in [-0.4, -0.2) is 34.4 Å². The minimum atomic E-state index is -0.360. The van der Waals surface area contributed by atoms with Crippen LogP contribution in [0.15, 0.2) is 0 Å². The average molecular weight is 254 g/mol. The van der Waals surface area contributed by atoms with Crippen molar-refractivity contribution in [3.8, 4) is 0 Å². The Hall–Kier alpha value is -1.56. The number of nitrogens with one attached hydrogen (secondary N) is 2. The second kappa shape index (κ2) is 5.39. The minimum absolute atomic E-state index is 0.000567. The first-order valence-corrected chi connectivity index (χ1v) is 6.01. The Bertz CT molecular complexity index is 424. The SMILES string of the molecule is CC(C)c1[nH]nc(C(=O)NCC(C)(C)CO)c1N. The number of H-pyrrole nitrogens is 1. The largest absolute Gasteiger partial charge is 0.396 e. The van der Waals surface area contributed by atoms with Crippen molar-refractivity contribution in [3.05, 3.63) is 11.4 Å². The Morgan fingerprint density at radius 2 is 2.17 bits per heavy atom. The van der Waals surface area contributed by atoms with Crippen molar-refractivity contribution in [3.63, 3.8) is 0 Å². The van der Waals surface area contributed by atoms with E-state index in [1.165, 1.54) is 0 Å². The Labute approximate surface area is 107 Å². The molecular weight excluding hydrogens is 232 g/mol. The summed E-state index contributed by atoms with van der Waals surface area (Å²) in [6, 6.07) is 0. The number of nitrogens with two attached hydrogens (primary N) is 1. The van der Waals surface area contributed by atoms with Gasteiger partial charge in [-0.1, -0.05) is 27.7 Å². The number of amides is 1. The van der Waals surface area contributed by atoms with Crippen LogP contribution in [0.3, 0.4) is 0 Å². The van der Waals surface area contributed by atoms with Crippen molar-refractivity contribution in [1.29, 1.82) is 0 Å². The van der Waals surface area contributed by atoms with Crippen molar-refractivity contribution in [2.75, 3.05) is 18.9 Å². The molecule has 1 heterocycles. The first-order valence-electron chi connectivity index (χ1n) is 6.01. The second-order valence-electron chi connectivity index (χ2n) is 5.56. The summed E-state index contributed by atoms with van der Waals surface area (Å²) in [7, 11) is 0. The summed E-state index contributed by atoms with van der Waals surface area (Å²) in [6.07, 6.45) is 0. The molecule has 0 fully saturated rings. The van der Waals surface area contributed by atoms with E-state index in [1.807, 2.05) is 27.7 Å². The fourth-order valence-corrected chi connectivity index (χ4v) is 1.44. The van der Waals surface area contributed by atoms with E-state index < -0.39 is 0 Å². The topological polar surface area (TPSA) is 104 Å². The van der Waals surface area contributed by atoms with Crippen LogP contribution in [0, 0.1) is 5.41 Å². The first-order chi connectivity index (χ1) is 8.28. The van der Waals surface area contributed by atoms with Gasteiger partial charge in [0.05, 0.1) is 11.4 Å². The Balaban J connectivity index is 2.74. The molecule has 6 nitrogen and oxygen atoms in total. The molecule has 1 rings (SSSR count). The van der Waals surface area contributed by atoms with E-state index in [0.29, 0.717) is 12.2 Å². The molecule has 0 radical (unpaired) electrons. The minimum Gasteiger partial charge on any atom is -0.396 e. The standard InChI is InChI=1S/C12H22N4O2/c1-7(2)9-8(13)10(16-15-9)11(18)14-5-12(3,4)6-17/h7,17H,5-6,13H2,1-4H3,(H,14,18)(H,15,16). The van der Waals surface area contributed by atoms with Gasteiger partial charge in [0.2, 0.25) is 0 Å². The predicted octanol–water partition coefficient (Wildman–Crippen LogP) is 0.864. The first kappa shape index (κ1) is 14.5. The lowest BCUT2D eigenvalue weighted by Crippen LogP contribution is -2.36. The Morgan fingerprint density at radius 1 is 1.56 bits per heavy atom. The Kier molecular flexibility index (Phi) is 4.34. The third kappa shape index (κ3) is 3.22. The number of aromatic amines is 1. The summed E-state index contributed by atoms with van der Waals surface area (Å²) < 4.78 is 0. The molecule has 6 heteroatoms. The molecule has 0 saturated heterocycles. The Morgan fingerprint density at radius 3 is 2.61 bits per heavy atom. The van der Waals surface area contributed by atoms with E-state index in [4.69, 9.17) is 10.8 Å². The zero-order chi connectivity index (χ0) is 13.9. The van der Waals surface area contributed by atoms with Gasteiger partial charge in [-0.15, -0.1) is 0 Å². The molecule has 5 N–H and O–H groups in total. The van der Waals surface area contributed by atoms with Gasteiger partial charge in [0.1, 0.15) is 0 Å². The highest BCUT2D eigenvalue weighted by Gasteiger charge is 2.22. The van der Waals surface area contributed by atoms with Crippen LogP contribution in [0.2, 0.25) is 0 Å². The van der Waals surface area contributed by atoms with Gasteiger partial charge in [-0.05, 0) is 5.92 Å². The molecule has 0 spiro atoms. The monoisotopic (exact) mass is 254 g/mol. The van der Waals surface area contributed by atoms with E-state index in [1.54, 1.807) is 0 Å². The van der Waals surface area contributed by atoms with Crippen LogP contribution in [0.5, 0.6) is 0 Å². The van der Waals surface area contributed by atoms with Crippen molar-refractivity contribution >= 4 is 11.6 Å². The maximum atomic E-state index is 11.9. The number of aliphatic hydroxyl groups excluding tert-OH is 1. The maximum absolute atomic E-state index is 11.9. The molecule has 0 bridgehead atoms. The molecule has 18 heavy (non-hydrogen) atoms. The van der Waals surface area contributed by atoms with Crippen molar-refractivity contribution in [1.82, 2.24) is 15.5 Å². The number of rotatable bonds is 5. The highest BCUT2D eigenvalue weighted by atomic mass is 16.3. The van der Waals surface area contributed by atoms with Gasteiger partial charge in [-0.2, -0.15) is 5.10 Å². The molecule has 0 unspecified atom stereocenters. The molecule has 0 aliphatic heterocycles.